The first kappa shape index (κ1) is 27.8. The van der Waals surface area contributed by atoms with E-state index in [4.69, 9.17) is 25.8 Å². The van der Waals surface area contributed by atoms with Gasteiger partial charge in [-0.25, -0.2) is 19.6 Å². The maximum Gasteiger partial charge on any atom is 0.338 e. The maximum atomic E-state index is 13.3. The largest absolute Gasteiger partial charge is 0.451 e. The van der Waals surface area contributed by atoms with Crippen molar-refractivity contribution in [3.05, 3.63) is 96.1 Å². The van der Waals surface area contributed by atoms with E-state index in [0.717, 1.165) is 25.9 Å². The van der Waals surface area contributed by atoms with E-state index in [1.54, 1.807) is 65.2 Å². The molecular formula is C30H29ClN6O5. The monoisotopic (exact) mass is 588 g/mol. The van der Waals surface area contributed by atoms with Gasteiger partial charge in [0.1, 0.15) is 6.10 Å². The van der Waals surface area contributed by atoms with Crippen molar-refractivity contribution >= 4 is 40.5 Å². The summed E-state index contributed by atoms with van der Waals surface area (Å²) in [5.74, 6) is -0.746. The average Bonchev–Trinajstić information content (AvgIpc) is 3.59. The second-order valence-corrected chi connectivity index (χ2v) is 10.4. The molecule has 0 amide bonds. The van der Waals surface area contributed by atoms with E-state index in [1.807, 2.05) is 0 Å². The number of esters is 2. The molecule has 0 saturated carbocycles. The van der Waals surface area contributed by atoms with Gasteiger partial charge in [-0.1, -0.05) is 48.9 Å². The normalized spacial score (nSPS) is 22.5. The summed E-state index contributed by atoms with van der Waals surface area (Å²) in [6.45, 7) is 5.60. The molecule has 2 aliphatic heterocycles. The van der Waals surface area contributed by atoms with E-state index >= 15 is 0 Å². The second kappa shape index (κ2) is 12.3. The number of carbonyl (C=O) groups excluding carboxylic acids is 2. The highest BCUT2D eigenvalue weighted by molar-refractivity contribution is 6.28. The molecule has 2 aromatic carbocycles. The zero-order valence-corrected chi connectivity index (χ0v) is 23.4. The Morgan fingerprint density at radius 1 is 0.929 bits per heavy atom. The molecule has 4 heterocycles. The fourth-order valence-corrected chi connectivity index (χ4v) is 5.34. The predicted octanol–water partition coefficient (Wildman–Crippen LogP) is 4.83. The zero-order chi connectivity index (χ0) is 29.1. The first-order valence-corrected chi connectivity index (χ1v) is 14.1. The lowest BCUT2D eigenvalue weighted by Gasteiger charge is -2.27. The van der Waals surface area contributed by atoms with Crippen LogP contribution < -0.4 is 5.43 Å². The van der Waals surface area contributed by atoms with Crippen LogP contribution in [0.15, 0.2) is 79.6 Å². The summed E-state index contributed by atoms with van der Waals surface area (Å²) in [6, 6.07) is 17.1. The van der Waals surface area contributed by atoms with Crippen molar-refractivity contribution in [2.45, 2.75) is 43.8 Å². The number of imidazole rings is 1. The molecule has 2 saturated heterocycles. The van der Waals surface area contributed by atoms with E-state index in [-0.39, 0.29) is 5.28 Å². The van der Waals surface area contributed by atoms with Crippen molar-refractivity contribution in [1.82, 2.24) is 24.5 Å². The van der Waals surface area contributed by atoms with Crippen molar-refractivity contribution in [2.24, 2.45) is 0 Å². The number of fused-ring (bicyclic) bond motifs is 1. The van der Waals surface area contributed by atoms with Crippen LogP contribution in [0, 0.1) is 0 Å². The molecule has 12 heteroatoms. The number of hydrazine groups is 1. The SMILES string of the molecule is C=C[C@H]1O[C@@H](n2cnc3c(NN4CCCCC4)nc(Cl)nc32)[C@H](OC(=O)c2ccccc2)[C@@H]1OC(=O)c1ccccc1. The van der Waals surface area contributed by atoms with Crippen LogP contribution in [-0.4, -0.2) is 67.9 Å². The van der Waals surface area contributed by atoms with Gasteiger partial charge < -0.3 is 19.6 Å². The molecule has 1 N–H and O–H groups in total. The standard InChI is InChI=1S/C30H29ClN6O5/c1-2-21-23(41-28(38)19-12-6-3-7-13-19)24(42-29(39)20-14-8-4-9-15-20)27(40-21)37-18-32-22-25(33-30(31)34-26(22)37)35-36-16-10-5-11-17-36/h2-4,6-9,12-15,18,21,23-24,27H,1,5,10-11,16-17H2,(H,33,34,35)/t21-,23-,24-,27-/m1/s1. The highest BCUT2D eigenvalue weighted by atomic mass is 35.5. The molecule has 4 atom stereocenters. The summed E-state index contributed by atoms with van der Waals surface area (Å²) in [6.07, 6.45) is 2.45. The molecule has 2 fully saturated rings. The Morgan fingerprint density at radius 3 is 2.17 bits per heavy atom. The quantitative estimate of drug-likeness (QED) is 0.174. The average molecular weight is 589 g/mol. The molecule has 0 radical (unpaired) electrons. The lowest BCUT2D eigenvalue weighted by molar-refractivity contribution is -0.0468. The van der Waals surface area contributed by atoms with Gasteiger partial charge in [-0.2, -0.15) is 9.97 Å². The van der Waals surface area contributed by atoms with E-state index in [1.165, 1.54) is 18.8 Å². The van der Waals surface area contributed by atoms with Crippen LogP contribution in [-0.2, 0) is 14.2 Å². The van der Waals surface area contributed by atoms with Crippen molar-refractivity contribution < 1.29 is 23.8 Å². The molecule has 6 rings (SSSR count). The number of piperidine rings is 1. The number of rotatable bonds is 8. The fourth-order valence-electron chi connectivity index (χ4n) is 5.18. The number of ether oxygens (including phenoxy) is 3. The van der Waals surface area contributed by atoms with Crippen LogP contribution in [0.5, 0.6) is 0 Å². The summed E-state index contributed by atoms with van der Waals surface area (Å²) in [7, 11) is 0. The Balaban J connectivity index is 1.37. The van der Waals surface area contributed by atoms with Crippen molar-refractivity contribution in [2.75, 3.05) is 18.5 Å². The molecule has 4 aromatic rings. The first-order chi connectivity index (χ1) is 20.5. The van der Waals surface area contributed by atoms with Gasteiger partial charge in [0.2, 0.25) is 5.28 Å². The number of hydrogen-bond donors (Lipinski definition) is 1. The molecule has 0 bridgehead atoms. The lowest BCUT2D eigenvalue weighted by atomic mass is 10.1. The van der Waals surface area contributed by atoms with Gasteiger partial charge in [-0.3, -0.25) is 4.57 Å². The predicted molar refractivity (Wildman–Crippen MR) is 155 cm³/mol. The molecule has 0 unspecified atom stereocenters. The fraction of sp³-hybridized carbons (Fsp3) is 0.300. The van der Waals surface area contributed by atoms with Gasteiger partial charge in [0.05, 0.1) is 17.5 Å². The highest BCUT2D eigenvalue weighted by Crippen LogP contribution is 2.37. The molecule has 216 valence electrons. The Kier molecular flexibility index (Phi) is 8.13. The Hall–Kier alpha value is -4.32. The zero-order valence-electron chi connectivity index (χ0n) is 22.6. The molecule has 42 heavy (non-hydrogen) atoms. The summed E-state index contributed by atoms with van der Waals surface area (Å²) in [5.41, 5.74) is 4.81. The van der Waals surface area contributed by atoms with Crippen LogP contribution in [0.1, 0.15) is 46.2 Å². The molecule has 11 nitrogen and oxygen atoms in total. The van der Waals surface area contributed by atoms with E-state index in [2.05, 4.69) is 32.0 Å². The van der Waals surface area contributed by atoms with E-state index < -0.39 is 36.5 Å². The van der Waals surface area contributed by atoms with Gasteiger partial charge in [0.15, 0.2) is 35.4 Å². The minimum atomic E-state index is -1.09. The first-order valence-electron chi connectivity index (χ1n) is 13.7. The number of benzene rings is 2. The van der Waals surface area contributed by atoms with Crippen LogP contribution in [0.2, 0.25) is 5.28 Å². The van der Waals surface area contributed by atoms with Gasteiger partial charge in [-0.05, 0) is 48.7 Å². The number of anilines is 1. The number of nitrogens with one attached hydrogen (secondary N) is 1. The van der Waals surface area contributed by atoms with Gasteiger partial charge >= 0.3 is 11.9 Å². The van der Waals surface area contributed by atoms with Crippen LogP contribution in [0.3, 0.4) is 0 Å². The molecule has 2 aromatic heterocycles. The minimum Gasteiger partial charge on any atom is -0.451 e. The van der Waals surface area contributed by atoms with Gasteiger partial charge in [-0.15, -0.1) is 6.58 Å². The number of carbonyl (C=O) groups is 2. The summed E-state index contributed by atoms with van der Waals surface area (Å²) >= 11 is 6.37. The highest BCUT2D eigenvalue weighted by Gasteiger charge is 2.50. The minimum absolute atomic E-state index is 0.00640. The number of halogens is 1. The van der Waals surface area contributed by atoms with Crippen molar-refractivity contribution in [1.29, 1.82) is 0 Å². The Labute approximate surface area is 247 Å². The Bertz CT molecular complexity index is 1580. The van der Waals surface area contributed by atoms with Crippen molar-refractivity contribution in [3.63, 3.8) is 0 Å². The van der Waals surface area contributed by atoms with E-state index in [0.29, 0.717) is 28.1 Å². The van der Waals surface area contributed by atoms with Crippen LogP contribution in [0.25, 0.3) is 11.2 Å². The number of hydrogen-bond acceptors (Lipinski definition) is 10. The van der Waals surface area contributed by atoms with Crippen LogP contribution in [0.4, 0.5) is 5.82 Å². The molecule has 0 aliphatic carbocycles. The van der Waals surface area contributed by atoms with E-state index in [9.17, 15) is 9.59 Å². The Morgan fingerprint density at radius 2 is 1.55 bits per heavy atom. The number of nitrogens with zero attached hydrogens (tertiary/aromatic N) is 5. The third-order valence-corrected chi connectivity index (χ3v) is 7.42. The van der Waals surface area contributed by atoms with Crippen LogP contribution >= 0.6 is 11.6 Å². The van der Waals surface area contributed by atoms with Gasteiger partial charge in [0.25, 0.3) is 0 Å². The molecule has 2 aliphatic rings. The van der Waals surface area contributed by atoms with Crippen molar-refractivity contribution in [3.8, 4) is 0 Å². The maximum absolute atomic E-state index is 13.3. The smallest absolute Gasteiger partial charge is 0.338 e. The number of aromatic nitrogens is 4. The lowest BCUT2D eigenvalue weighted by Crippen LogP contribution is -2.39. The summed E-state index contributed by atoms with van der Waals surface area (Å²) in [5, 5.41) is 2.08. The molecule has 0 spiro atoms. The molecular weight excluding hydrogens is 560 g/mol. The summed E-state index contributed by atoms with van der Waals surface area (Å²) < 4.78 is 19.8. The third-order valence-electron chi connectivity index (χ3n) is 7.25. The third kappa shape index (κ3) is 5.71. The topological polar surface area (TPSA) is 121 Å². The second-order valence-electron chi connectivity index (χ2n) is 10.0. The van der Waals surface area contributed by atoms with Gasteiger partial charge in [0, 0.05) is 13.1 Å². The summed E-state index contributed by atoms with van der Waals surface area (Å²) in [4.78, 5) is 39.8.